The second-order valence-electron chi connectivity index (χ2n) is 6.16. The first-order chi connectivity index (χ1) is 9.96. The van der Waals surface area contributed by atoms with Crippen LogP contribution >= 0.6 is 0 Å². The minimum atomic E-state index is -0.915. The van der Waals surface area contributed by atoms with E-state index in [1.807, 2.05) is 0 Å². The van der Waals surface area contributed by atoms with Crippen LogP contribution in [0.1, 0.15) is 47.5 Å². The fourth-order valence-electron chi connectivity index (χ4n) is 2.51. The van der Waals surface area contributed by atoms with E-state index in [0.717, 1.165) is 5.69 Å². The number of amides is 1. The molecule has 1 unspecified atom stereocenters. The maximum atomic E-state index is 12.1. The predicted molar refractivity (Wildman–Crippen MR) is 76.7 cm³/mol. The van der Waals surface area contributed by atoms with Crippen LogP contribution in [-0.4, -0.2) is 32.5 Å². The highest BCUT2D eigenvalue weighted by atomic mass is 16.3. The average Bonchev–Trinajstić information content (AvgIpc) is 2.84. The van der Waals surface area contributed by atoms with Crippen molar-refractivity contribution >= 4 is 5.91 Å². The van der Waals surface area contributed by atoms with E-state index < -0.39 is 6.10 Å². The summed E-state index contributed by atoms with van der Waals surface area (Å²) in [5.41, 5.74) is 1.73. The molecule has 2 aromatic rings. The molecule has 1 amide bonds. The molecule has 2 aromatic heterocycles. The lowest BCUT2D eigenvalue weighted by molar-refractivity contribution is 0.0940. The van der Waals surface area contributed by atoms with E-state index in [0.29, 0.717) is 30.0 Å². The summed E-state index contributed by atoms with van der Waals surface area (Å²) in [5, 5.41) is 13.2. The molecular weight excluding hydrogens is 268 g/mol. The predicted octanol–water partition coefficient (Wildman–Crippen LogP) is 1.20. The summed E-state index contributed by atoms with van der Waals surface area (Å²) in [4.78, 5) is 23.5. The van der Waals surface area contributed by atoms with Crippen LogP contribution in [0.2, 0.25) is 0 Å². The number of fused-ring (bicyclic) bond motifs is 1. The number of carbonyl (C=O) groups is 1. The van der Waals surface area contributed by atoms with E-state index in [4.69, 9.17) is 0 Å². The van der Waals surface area contributed by atoms with Crippen molar-refractivity contribution in [2.24, 2.45) is 5.41 Å². The zero-order valence-corrected chi connectivity index (χ0v) is 12.1. The Labute approximate surface area is 122 Å². The Balaban J connectivity index is 1.97. The van der Waals surface area contributed by atoms with Crippen molar-refractivity contribution in [1.82, 2.24) is 20.3 Å². The number of nitrogens with one attached hydrogen (secondary N) is 2. The van der Waals surface area contributed by atoms with Gasteiger partial charge in [0.15, 0.2) is 0 Å². The van der Waals surface area contributed by atoms with Crippen LogP contribution in [0.4, 0.5) is 0 Å². The van der Waals surface area contributed by atoms with Gasteiger partial charge in [0.05, 0.1) is 0 Å². The van der Waals surface area contributed by atoms with Crippen LogP contribution in [-0.2, 0) is 6.42 Å². The van der Waals surface area contributed by atoms with E-state index in [1.54, 1.807) is 24.5 Å². The Morgan fingerprint density at radius 3 is 2.95 bits per heavy atom. The van der Waals surface area contributed by atoms with Gasteiger partial charge in [-0.15, -0.1) is 0 Å². The molecule has 0 aromatic carbocycles. The summed E-state index contributed by atoms with van der Waals surface area (Å²) in [5.74, 6) is 0.178. The van der Waals surface area contributed by atoms with Gasteiger partial charge in [0.25, 0.3) is 5.91 Å². The number of aromatic nitrogens is 3. The molecule has 110 valence electrons. The van der Waals surface area contributed by atoms with Crippen LogP contribution in [0.25, 0.3) is 0 Å². The van der Waals surface area contributed by atoms with Crippen molar-refractivity contribution in [3.05, 3.63) is 47.3 Å². The Kier molecular flexibility index (Phi) is 3.25. The minimum Gasteiger partial charge on any atom is -0.380 e. The first kappa shape index (κ1) is 13.8. The molecule has 0 saturated carbocycles. The van der Waals surface area contributed by atoms with E-state index in [-0.39, 0.29) is 11.3 Å². The van der Waals surface area contributed by atoms with Gasteiger partial charge in [-0.05, 0) is 17.9 Å². The molecule has 0 radical (unpaired) electrons. The van der Waals surface area contributed by atoms with Crippen molar-refractivity contribution < 1.29 is 9.90 Å². The number of aliphatic hydroxyl groups excluding tert-OH is 1. The molecule has 21 heavy (non-hydrogen) atoms. The lowest BCUT2D eigenvalue weighted by Gasteiger charge is -2.21. The van der Waals surface area contributed by atoms with Crippen molar-refractivity contribution in [3.63, 3.8) is 0 Å². The van der Waals surface area contributed by atoms with Crippen LogP contribution in [0.15, 0.2) is 24.5 Å². The SMILES string of the molecule is CC1(C)CNC(=O)c2nc(C(O)c3cccnc3)[nH]c2C1. The van der Waals surface area contributed by atoms with Gasteiger partial charge in [0.1, 0.15) is 17.6 Å². The third-order valence-electron chi connectivity index (χ3n) is 3.65. The summed E-state index contributed by atoms with van der Waals surface area (Å²) in [6.45, 7) is 4.78. The molecule has 3 N–H and O–H groups in total. The lowest BCUT2D eigenvalue weighted by Crippen LogP contribution is -2.32. The summed E-state index contributed by atoms with van der Waals surface area (Å²) in [6.07, 6.45) is 3.02. The fourth-order valence-corrected chi connectivity index (χ4v) is 2.51. The van der Waals surface area contributed by atoms with E-state index in [1.165, 1.54) is 0 Å². The van der Waals surface area contributed by atoms with Crippen molar-refractivity contribution in [3.8, 4) is 0 Å². The summed E-state index contributed by atoms with van der Waals surface area (Å²) in [6, 6.07) is 3.53. The Bertz CT molecular complexity index is 664. The van der Waals surface area contributed by atoms with Gasteiger partial charge < -0.3 is 15.4 Å². The highest BCUT2D eigenvalue weighted by Gasteiger charge is 2.31. The molecule has 6 nitrogen and oxygen atoms in total. The number of hydrogen-bond donors (Lipinski definition) is 3. The first-order valence-electron chi connectivity index (χ1n) is 6.91. The maximum absolute atomic E-state index is 12.1. The number of rotatable bonds is 2. The number of nitrogens with zero attached hydrogens (tertiary/aromatic N) is 2. The minimum absolute atomic E-state index is 0.0516. The van der Waals surface area contributed by atoms with Crippen molar-refractivity contribution in [1.29, 1.82) is 0 Å². The molecule has 0 aliphatic carbocycles. The third kappa shape index (κ3) is 2.67. The molecule has 0 saturated heterocycles. The van der Waals surface area contributed by atoms with E-state index in [9.17, 15) is 9.90 Å². The molecule has 1 aliphatic heterocycles. The number of hydrogen-bond acceptors (Lipinski definition) is 4. The number of pyridine rings is 1. The van der Waals surface area contributed by atoms with Crippen LogP contribution in [0, 0.1) is 5.41 Å². The maximum Gasteiger partial charge on any atom is 0.271 e. The van der Waals surface area contributed by atoms with Gasteiger partial charge >= 0.3 is 0 Å². The molecule has 0 fully saturated rings. The standard InChI is InChI=1S/C15H18N4O2/c1-15(2)6-10-11(14(21)17-8-15)19-13(18-10)12(20)9-4-3-5-16-7-9/h3-5,7,12,20H,6,8H2,1-2H3,(H,17,21)(H,18,19). The van der Waals surface area contributed by atoms with E-state index >= 15 is 0 Å². The Morgan fingerprint density at radius 2 is 2.24 bits per heavy atom. The molecule has 6 heteroatoms. The molecule has 1 atom stereocenters. The smallest absolute Gasteiger partial charge is 0.271 e. The number of aliphatic hydroxyl groups is 1. The van der Waals surface area contributed by atoms with Gasteiger partial charge in [0, 0.05) is 30.2 Å². The Morgan fingerprint density at radius 1 is 1.43 bits per heavy atom. The number of aromatic amines is 1. The topological polar surface area (TPSA) is 90.9 Å². The average molecular weight is 286 g/mol. The monoisotopic (exact) mass is 286 g/mol. The number of carbonyl (C=O) groups excluding carboxylic acids is 1. The van der Waals surface area contributed by atoms with Gasteiger partial charge in [-0.2, -0.15) is 0 Å². The number of H-pyrrole nitrogens is 1. The second kappa shape index (κ2) is 4.96. The normalized spacial score (nSPS) is 18.5. The zero-order chi connectivity index (χ0) is 15.0. The quantitative estimate of drug-likeness (QED) is 0.773. The highest BCUT2D eigenvalue weighted by molar-refractivity contribution is 5.94. The van der Waals surface area contributed by atoms with Gasteiger partial charge in [-0.25, -0.2) is 4.98 Å². The lowest BCUT2D eigenvalue weighted by atomic mass is 9.88. The molecule has 3 heterocycles. The fraction of sp³-hybridized carbons (Fsp3) is 0.400. The molecule has 0 spiro atoms. The molecule has 1 aliphatic rings. The van der Waals surface area contributed by atoms with Gasteiger partial charge in [-0.3, -0.25) is 9.78 Å². The molecule has 0 bridgehead atoms. The van der Waals surface area contributed by atoms with Crippen LogP contribution < -0.4 is 5.32 Å². The largest absolute Gasteiger partial charge is 0.380 e. The molecular formula is C15H18N4O2. The van der Waals surface area contributed by atoms with Crippen molar-refractivity contribution in [2.45, 2.75) is 26.4 Å². The van der Waals surface area contributed by atoms with Gasteiger partial charge in [-0.1, -0.05) is 19.9 Å². The van der Waals surface area contributed by atoms with E-state index in [2.05, 4.69) is 34.1 Å². The highest BCUT2D eigenvalue weighted by Crippen LogP contribution is 2.27. The van der Waals surface area contributed by atoms with Crippen molar-refractivity contribution in [2.75, 3.05) is 6.54 Å². The van der Waals surface area contributed by atoms with Crippen LogP contribution in [0.3, 0.4) is 0 Å². The van der Waals surface area contributed by atoms with Gasteiger partial charge in [0.2, 0.25) is 0 Å². The second-order valence-corrected chi connectivity index (χ2v) is 6.16. The summed E-state index contributed by atoms with van der Waals surface area (Å²) in [7, 11) is 0. The summed E-state index contributed by atoms with van der Waals surface area (Å²) < 4.78 is 0. The Hall–Kier alpha value is -2.21. The van der Waals surface area contributed by atoms with Crippen LogP contribution in [0.5, 0.6) is 0 Å². The summed E-state index contributed by atoms with van der Waals surface area (Å²) >= 11 is 0. The first-order valence-corrected chi connectivity index (χ1v) is 6.91. The third-order valence-corrected chi connectivity index (χ3v) is 3.65. The number of imidazole rings is 1. The zero-order valence-electron chi connectivity index (χ0n) is 12.1. The molecule has 3 rings (SSSR count).